The first kappa shape index (κ1) is 15.6. The number of aliphatic hydroxyl groups is 1. The Bertz CT molecular complexity index is 478. The molecule has 0 radical (unpaired) electrons. The molecule has 0 bridgehead atoms. The Kier molecular flexibility index (Phi) is 5.44. The summed E-state index contributed by atoms with van der Waals surface area (Å²) in [6, 6.07) is 7.33. The molecule has 2 unspecified atom stereocenters. The van der Waals surface area contributed by atoms with E-state index in [4.69, 9.17) is 0 Å². The summed E-state index contributed by atoms with van der Waals surface area (Å²) in [4.78, 5) is 14.2. The van der Waals surface area contributed by atoms with Crippen LogP contribution < -0.4 is 15.5 Å². The van der Waals surface area contributed by atoms with Gasteiger partial charge in [-0.05, 0) is 31.9 Å². The molecule has 0 saturated heterocycles. The summed E-state index contributed by atoms with van der Waals surface area (Å²) in [7, 11) is 1.99. The lowest BCUT2D eigenvalue weighted by Gasteiger charge is -2.28. The van der Waals surface area contributed by atoms with Gasteiger partial charge in [-0.2, -0.15) is 0 Å². The number of hydrogen-bond acceptors (Lipinski definition) is 3. The monoisotopic (exact) mass is 291 g/mol. The van der Waals surface area contributed by atoms with Crippen molar-refractivity contribution >= 4 is 17.4 Å². The van der Waals surface area contributed by atoms with Crippen molar-refractivity contribution in [2.24, 2.45) is 0 Å². The highest BCUT2D eigenvalue weighted by atomic mass is 16.3. The Labute approximate surface area is 126 Å². The Hall–Kier alpha value is -1.75. The lowest BCUT2D eigenvalue weighted by Crippen LogP contribution is -2.46. The molecule has 5 nitrogen and oxygen atoms in total. The van der Waals surface area contributed by atoms with Crippen LogP contribution in [-0.2, 0) is 0 Å². The molecule has 2 amide bonds. The van der Waals surface area contributed by atoms with Crippen LogP contribution in [0.4, 0.5) is 16.2 Å². The number of carbonyl (C=O) groups is 1. The molecule has 1 aromatic carbocycles. The highest BCUT2D eigenvalue weighted by molar-refractivity contribution is 5.93. The van der Waals surface area contributed by atoms with Gasteiger partial charge in [0.2, 0.25) is 0 Å². The number of nitrogens with zero attached hydrogens (tertiary/aromatic N) is 1. The third-order valence-corrected chi connectivity index (χ3v) is 4.08. The minimum Gasteiger partial charge on any atom is -0.391 e. The molecule has 1 fully saturated rings. The fourth-order valence-electron chi connectivity index (χ4n) is 2.69. The number of benzene rings is 1. The summed E-state index contributed by atoms with van der Waals surface area (Å²) in [5.41, 5.74) is 1.77. The molecule has 21 heavy (non-hydrogen) atoms. The van der Waals surface area contributed by atoms with Crippen molar-refractivity contribution in [3.63, 3.8) is 0 Å². The van der Waals surface area contributed by atoms with Crippen molar-refractivity contribution in [2.45, 2.75) is 44.8 Å². The van der Waals surface area contributed by atoms with Gasteiger partial charge in [0.1, 0.15) is 0 Å². The number of nitrogens with one attached hydrogen (secondary N) is 2. The van der Waals surface area contributed by atoms with Crippen molar-refractivity contribution < 1.29 is 9.90 Å². The lowest BCUT2D eigenvalue weighted by molar-refractivity contribution is 0.0955. The molecule has 0 aromatic heterocycles. The maximum absolute atomic E-state index is 12.1. The summed E-state index contributed by atoms with van der Waals surface area (Å²) in [6.45, 7) is 2.93. The van der Waals surface area contributed by atoms with E-state index in [0.717, 1.165) is 43.6 Å². The molecule has 0 spiro atoms. The molecule has 1 saturated carbocycles. The molecule has 1 aromatic rings. The number of rotatable bonds is 4. The first-order valence-corrected chi connectivity index (χ1v) is 7.67. The summed E-state index contributed by atoms with van der Waals surface area (Å²) in [6.07, 6.45) is 3.26. The number of anilines is 2. The summed E-state index contributed by atoms with van der Waals surface area (Å²) in [5.74, 6) is 0. The topological polar surface area (TPSA) is 64.6 Å². The molecule has 2 rings (SSSR count). The Balaban J connectivity index is 1.99. The van der Waals surface area contributed by atoms with Crippen LogP contribution >= 0.6 is 0 Å². The van der Waals surface area contributed by atoms with Gasteiger partial charge in [0.15, 0.2) is 0 Å². The fourth-order valence-corrected chi connectivity index (χ4v) is 2.69. The van der Waals surface area contributed by atoms with Gasteiger partial charge in [0.25, 0.3) is 0 Å². The van der Waals surface area contributed by atoms with Crippen LogP contribution in [0, 0.1) is 0 Å². The van der Waals surface area contributed by atoms with E-state index in [2.05, 4.69) is 22.5 Å². The Morgan fingerprint density at radius 1 is 1.33 bits per heavy atom. The Morgan fingerprint density at radius 3 is 2.76 bits per heavy atom. The van der Waals surface area contributed by atoms with Crippen molar-refractivity contribution in [1.29, 1.82) is 0 Å². The predicted octanol–water partition coefficient (Wildman–Crippen LogP) is 2.57. The zero-order valence-corrected chi connectivity index (χ0v) is 12.8. The van der Waals surface area contributed by atoms with Gasteiger partial charge in [0.05, 0.1) is 23.5 Å². The van der Waals surface area contributed by atoms with Gasteiger partial charge >= 0.3 is 6.03 Å². The van der Waals surface area contributed by atoms with Gasteiger partial charge < -0.3 is 20.6 Å². The Morgan fingerprint density at radius 2 is 2.05 bits per heavy atom. The molecule has 1 aliphatic rings. The molecule has 2 atom stereocenters. The summed E-state index contributed by atoms with van der Waals surface area (Å²) >= 11 is 0. The van der Waals surface area contributed by atoms with Gasteiger partial charge in [-0.15, -0.1) is 0 Å². The van der Waals surface area contributed by atoms with E-state index in [0.29, 0.717) is 0 Å². The second kappa shape index (κ2) is 7.31. The highest BCUT2D eigenvalue weighted by Gasteiger charge is 2.24. The van der Waals surface area contributed by atoms with Crippen molar-refractivity contribution in [2.75, 3.05) is 23.8 Å². The van der Waals surface area contributed by atoms with E-state index in [1.54, 1.807) is 0 Å². The number of hydrogen-bond donors (Lipinski definition) is 3. The molecule has 1 aliphatic carbocycles. The normalized spacial score (nSPS) is 21.7. The zero-order chi connectivity index (χ0) is 15.2. The first-order valence-electron chi connectivity index (χ1n) is 7.67. The molecule has 0 aliphatic heterocycles. The van der Waals surface area contributed by atoms with E-state index in [1.165, 1.54) is 0 Å². The third-order valence-electron chi connectivity index (χ3n) is 4.08. The van der Waals surface area contributed by atoms with E-state index in [9.17, 15) is 9.90 Å². The third kappa shape index (κ3) is 4.11. The zero-order valence-electron chi connectivity index (χ0n) is 12.8. The second-order valence-electron chi connectivity index (χ2n) is 5.59. The van der Waals surface area contributed by atoms with Crippen LogP contribution in [0.15, 0.2) is 24.3 Å². The average Bonchev–Trinajstić information content (AvgIpc) is 2.49. The molecule has 3 N–H and O–H groups in total. The van der Waals surface area contributed by atoms with Crippen molar-refractivity contribution in [3.05, 3.63) is 24.3 Å². The number of amides is 2. The van der Waals surface area contributed by atoms with E-state index in [-0.39, 0.29) is 12.1 Å². The fraction of sp³-hybridized carbons (Fsp3) is 0.562. The molecule has 116 valence electrons. The minimum atomic E-state index is -0.432. The summed E-state index contributed by atoms with van der Waals surface area (Å²) in [5, 5.41) is 15.7. The number of carbonyl (C=O) groups excluding carboxylic acids is 1. The SMILES string of the molecule is CCN(C)c1ccccc1NC(=O)NC1CCCCC1O. The van der Waals surface area contributed by atoms with Gasteiger partial charge in [0, 0.05) is 13.6 Å². The van der Waals surface area contributed by atoms with Crippen LogP contribution in [-0.4, -0.2) is 36.9 Å². The van der Waals surface area contributed by atoms with E-state index in [1.807, 2.05) is 31.3 Å². The van der Waals surface area contributed by atoms with Crippen LogP contribution in [0.1, 0.15) is 32.6 Å². The lowest BCUT2D eigenvalue weighted by atomic mass is 9.93. The predicted molar refractivity (Wildman–Crippen MR) is 85.8 cm³/mol. The van der Waals surface area contributed by atoms with Gasteiger partial charge in [-0.25, -0.2) is 4.79 Å². The second-order valence-corrected chi connectivity index (χ2v) is 5.59. The molecule has 0 heterocycles. The van der Waals surface area contributed by atoms with E-state index < -0.39 is 6.10 Å². The van der Waals surface area contributed by atoms with Crippen LogP contribution in [0.25, 0.3) is 0 Å². The number of urea groups is 1. The minimum absolute atomic E-state index is 0.144. The maximum Gasteiger partial charge on any atom is 0.319 e. The van der Waals surface area contributed by atoms with Crippen molar-refractivity contribution in [3.8, 4) is 0 Å². The maximum atomic E-state index is 12.1. The largest absolute Gasteiger partial charge is 0.391 e. The van der Waals surface area contributed by atoms with Crippen LogP contribution in [0.5, 0.6) is 0 Å². The average molecular weight is 291 g/mol. The molecular formula is C16H25N3O2. The standard InChI is InChI=1S/C16H25N3O2/c1-3-19(2)14-10-6-4-8-12(14)17-16(21)18-13-9-5-7-11-15(13)20/h4,6,8,10,13,15,20H,3,5,7,9,11H2,1-2H3,(H2,17,18,21). The number of aliphatic hydroxyl groups excluding tert-OH is 1. The molecule has 5 heteroatoms. The summed E-state index contributed by atoms with van der Waals surface area (Å²) < 4.78 is 0. The van der Waals surface area contributed by atoms with Crippen LogP contribution in [0.2, 0.25) is 0 Å². The van der Waals surface area contributed by atoms with Crippen LogP contribution in [0.3, 0.4) is 0 Å². The number of para-hydroxylation sites is 2. The van der Waals surface area contributed by atoms with E-state index >= 15 is 0 Å². The molecular weight excluding hydrogens is 266 g/mol. The highest BCUT2D eigenvalue weighted by Crippen LogP contribution is 2.24. The first-order chi connectivity index (χ1) is 10.1. The van der Waals surface area contributed by atoms with Gasteiger partial charge in [-0.1, -0.05) is 25.0 Å². The quantitative estimate of drug-likeness (QED) is 0.799. The smallest absolute Gasteiger partial charge is 0.319 e. The van der Waals surface area contributed by atoms with Gasteiger partial charge in [-0.3, -0.25) is 0 Å². The van der Waals surface area contributed by atoms with Crippen molar-refractivity contribution in [1.82, 2.24) is 5.32 Å².